The van der Waals surface area contributed by atoms with E-state index in [0.29, 0.717) is 0 Å². The molecule has 1 aliphatic rings. The van der Waals surface area contributed by atoms with Gasteiger partial charge >= 0.3 is 0 Å². The first-order chi connectivity index (χ1) is 9.72. The number of para-hydroxylation sites is 1. The highest BCUT2D eigenvalue weighted by Gasteiger charge is 2.24. The summed E-state index contributed by atoms with van der Waals surface area (Å²) in [7, 11) is 2.11. The highest BCUT2D eigenvalue weighted by atomic mass is 16.5. The van der Waals surface area contributed by atoms with Crippen LogP contribution in [0.5, 0.6) is 0 Å². The number of fused-ring (bicyclic) bond motifs is 1. The van der Waals surface area contributed by atoms with Gasteiger partial charge in [0.05, 0.1) is 18.2 Å². The molecular weight excluding hydrogens is 250 g/mol. The SMILES string of the molecule is CN1CCOC(C(N)Cc2ccc3ccccc3n2)C1. The molecule has 1 aliphatic heterocycles. The summed E-state index contributed by atoms with van der Waals surface area (Å²) in [5.74, 6) is 0. The molecule has 0 saturated carbocycles. The molecule has 1 fully saturated rings. The molecule has 106 valence electrons. The van der Waals surface area contributed by atoms with E-state index < -0.39 is 0 Å². The maximum absolute atomic E-state index is 6.30. The van der Waals surface area contributed by atoms with Crippen LogP contribution >= 0.6 is 0 Å². The van der Waals surface area contributed by atoms with Crippen LogP contribution in [0.4, 0.5) is 0 Å². The molecule has 20 heavy (non-hydrogen) atoms. The third-order valence-corrected chi connectivity index (χ3v) is 3.88. The molecule has 1 aromatic heterocycles. The van der Waals surface area contributed by atoms with Gasteiger partial charge in [-0.3, -0.25) is 4.98 Å². The Morgan fingerprint density at radius 2 is 2.20 bits per heavy atom. The number of pyridine rings is 1. The Morgan fingerprint density at radius 1 is 1.35 bits per heavy atom. The lowest BCUT2D eigenvalue weighted by Crippen LogP contribution is -2.50. The summed E-state index contributed by atoms with van der Waals surface area (Å²) >= 11 is 0. The van der Waals surface area contributed by atoms with Gasteiger partial charge in [0.15, 0.2) is 0 Å². The Hall–Kier alpha value is -1.49. The number of benzene rings is 1. The number of likely N-dealkylation sites (N-methyl/N-ethyl adjacent to an activating group) is 1. The summed E-state index contributed by atoms with van der Waals surface area (Å²) in [5, 5.41) is 1.17. The van der Waals surface area contributed by atoms with E-state index in [2.05, 4.69) is 35.1 Å². The highest BCUT2D eigenvalue weighted by molar-refractivity contribution is 5.78. The van der Waals surface area contributed by atoms with E-state index in [4.69, 9.17) is 10.5 Å². The summed E-state index contributed by atoms with van der Waals surface area (Å²) in [6.45, 7) is 2.65. The van der Waals surface area contributed by atoms with Crippen molar-refractivity contribution in [2.24, 2.45) is 5.73 Å². The zero-order valence-corrected chi connectivity index (χ0v) is 11.8. The van der Waals surface area contributed by atoms with Crippen LogP contribution in [0.2, 0.25) is 0 Å². The first kappa shape index (κ1) is 13.5. The summed E-state index contributed by atoms with van der Waals surface area (Å²) in [6, 6.07) is 12.3. The van der Waals surface area contributed by atoms with Crippen molar-refractivity contribution >= 4 is 10.9 Å². The van der Waals surface area contributed by atoms with E-state index in [1.165, 1.54) is 5.39 Å². The molecule has 0 radical (unpaired) electrons. The second-order valence-corrected chi connectivity index (χ2v) is 5.53. The Labute approximate surface area is 119 Å². The van der Waals surface area contributed by atoms with Crippen molar-refractivity contribution in [1.29, 1.82) is 0 Å². The monoisotopic (exact) mass is 271 g/mol. The van der Waals surface area contributed by atoms with Gasteiger partial charge in [-0.15, -0.1) is 0 Å². The van der Waals surface area contributed by atoms with Gasteiger partial charge in [0.2, 0.25) is 0 Å². The number of ether oxygens (including phenoxy) is 1. The maximum atomic E-state index is 6.30. The molecule has 2 heterocycles. The zero-order chi connectivity index (χ0) is 13.9. The van der Waals surface area contributed by atoms with E-state index in [9.17, 15) is 0 Å². The van der Waals surface area contributed by atoms with Crippen LogP contribution in [0.1, 0.15) is 5.69 Å². The van der Waals surface area contributed by atoms with Gasteiger partial charge in [-0.2, -0.15) is 0 Å². The topological polar surface area (TPSA) is 51.4 Å². The number of hydrogen-bond donors (Lipinski definition) is 1. The molecule has 1 aromatic carbocycles. The minimum atomic E-state index is -0.00795. The molecule has 4 heteroatoms. The zero-order valence-electron chi connectivity index (χ0n) is 11.8. The third kappa shape index (κ3) is 2.98. The number of nitrogens with zero attached hydrogens (tertiary/aromatic N) is 2. The average molecular weight is 271 g/mol. The summed E-state index contributed by atoms with van der Waals surface area (Å²) in [5.41, 5.74) is 8.36. The van der Waals surface area contributed by atoms with Crippen LogP contribution in [0.15, 0.2) is 36.4 Å². The highest BCUT2D eigenvalue weighted by Crippen LogP contribution is 2.14. The predicted molar refractivity (Wildman–Crippen MR) is 80.7 cm³/mol. The second kappa shape index (κ2) is 5.87. The van der Waals surface area contributed by atoms with Crippen LogP contribution in [0, 0.1) is 0 Å². The first-order valence-corrected chi connectivity index (χ1v) is 7.13. The van der Waals surface area contributed by atoms with Gasteiger partial charge in [0, 0.05) is 36.6 Å². The summed E-state index contributed by atoms with van der Waals surface area (Å²) in [6.07, 6.45) is 0.852. The van der Waals surface area contributed by atoms with Gasteiger partial charge in [-0.05, 0) is 19.2 Å². The fraction of sp³-hybridized carbons (Fsp3) is 0.438. The van der Waals surface area contributed by atoms with E-state index in [1.807, 2.05) is 18.2 Å². The number of rotatable bonds is 3. The number of morpholine rings is 1. The molecule has 2 aromatic rings. The lowest BCUT2D eigenvalue weighted by Gasteiger charge is -2.33. The molecule has 2 N–H and O–H groups in total. The van der Waals surface area contributed by atoms with Crippen molar-refractivity contribution in [3.8, 4) is 0 Å². The Bertz CT molecular complexity index is 587. The lowest BCUT2D eigenvalue weighted by molar-refractivity contribution is -0.0320. The minimum absolute atomic E-state index is 0.00795. The number of nitrogens with two attached hydrogens (primary N) is 1. The Kier molecular flexibility index (Phi) is 3.96. The molecule has 0 bridgehead atoms. The molecule has 4 nitrogen and oxygen atoms in total. The lowest BCUT2D eigenvalue weighted by atomic mass is 10.0. The fourth-order valence-corrected chi connectivity index (χ4v) is 2.66. The van der Waals surface area contributed by atoms with Crippen LogP contribution in [0.3, 0.4) is 0 Å². The molecule has 1 saturated heterocycles. The van der Waals surface area contributed by atoms with Crippen molar-refractivity contribution < 1.29 is 4.74 Å². The Balaban J connectivity index is 1.71. The molecule has 0 amide bonds. The van der Waals surface area contributed by atoms with Crippen molar-refractivity contribution in [3.05, 3.63) is 42.1 Å². The predicted octanol–water partition coefficient (Wildman–Crippen LogP) is 1.44. The largest absolute Gasteiger partial charge is 0.374 e. The molecule has 2 atom stereocenters. The van der Waals surface area contributed by atoms with Gasteiger partial charge in [0.25, 0.3) is 0 Å². The van der Waals surface area contributed by atoms with E-state index in [0.717, 1.165) is 37.3 Å². The van der Waals surface area contributed by atoms with Gasteiger partial charge in [-0.25, -0.2) is 0 Å². The molecule has 0 spiro atoms. The molecule has 2 unspecified atom stereocenters. The van der Waals surface area contributed by atoms with Crippen LogP contribution in [-0.2, 0) is 11.2 Å². The van der Waals surface area contributed by atoms with E-state index >= 15 is 0 Å². The Morgan fingerprint density at radius 3 is 3.05 bits per heavy atom. The molecule has 0 aliphatic carbocycles. The third-order valence-electron chi connectivity index (χ3n) is 3.88. The average Bonchev–Trinajstić information content (AvgIpc) is 2.47. The van der Waals surface area contributed by atoms with Crippen molar-refractivity contribution in [3.63, 3.8) is 0 Å². The normalized spacial score (nSPS) is 22.0. The molecule has 3 rings (SSSR count). The van der Waals surface area contributed by atoms with Crippen LogP contribution in [-0.4, -0.2) is 48.8 Å². The maximum Gasteiger partial charge on any atom is 0.0856 e. The standard InChI is InChI=1S/C16H21N3O/c1-19-8-9-20-16(11-19)14(17)10-13-7-6-12-4-2-3-5-15(12)18-13/h2-7,14,16H,8-11,17H2,1H3. The fourth-order valence-electron chi connectivity index (χ4n) is 2.66. The van der Waals surface area contributed by atoms with Crippen molar-refractivity contribution in [2.75, 3.05) is 26.7 Å². The number of hydrogen-bond acceptors (Lipinski definition) is 4. The summed E-state index contributed by atoms with van der Waals surface area (Å²) < 4.78 is 5.78. The van der Waals surface area contributed by atoms with Gasteiger partial charge in [0.1, 0.15) is 0 Å². The summed E-state index contributed by atoms with van der Waals surface area (Å²) in [4.78, 5) is 6.95. The minimum Gasteiger partial charge on any atom is -0.374 e. The smallest absolute Gasteiger partial charge is 0.0856 e. The first-order valence-electron chi connectivity index (χ1n) is 7.13. The van der Waals surface area contributed by atoms with E-state index in [1.54, 1.807) is 0 Å². The van der Waals surface area contributed by atoms with Crippen LogP contribution in [0.25, 0.3) is 10.9 Å². The molecular formula is C16H21N3O. The van der Waals surface area contributed by atoms with Gasteiger partial charge in [-0.1, -0.05) is 24.3 Å². The van der Waals surface area contributed by atoms with Gasteiger partial charge < -0.3 is 15.4 Å². The van der Waals surface area contributed by atoms with Crippen molar-refractivity contribution in [2.45, 2.75) is 18.6 Å². The van der Waals surface area contributed by atoms with Crippen LogP contribution < -0.4 is 5.73 Å². The quantitative estimate of drug-likeness (QED) is 0.917. The van der Waals surface area contributed by atoms with E-state index in [-0.39, 0.29) is 12.1 Å². The number of aromatic nitrogens is 1. The van der Waals surface area contributed by atoms with Crippen molar-refractivity contribution in [1.82, 2.24) is 9.88 Å². The second-order valence-electron chi connectivity index (χ2n) is 5.53.